The molecule has 1 saturated heterocycles. The third kappa shape index (κ3) is 2.12. The van der Waals surface area contributed by atoms with Crippen LogP contribution in [0.4, 0.5) is 0 Å². The van der Waals surface area contributed by atoms with Gasteiger partial charge >= 0.3 is 0 Å². The van der Waals surface area contributed by atoms with Crippen LogP contribution in [-0.4, -0.2) is 25.3 Å². The topological polar surface area (TPSA) is 37.4 Å². The van der Waals surface area contributed by atoms with Crippen molar-refractivity contribution in [3.05, 3.63) is 17.0 Å². The molecule has 100 valence electrons. The van der Waals surface area contributed by atoms with Crippen LogP contribution in [0.15, 0.2) is 16.3 Å². The fraction of sp³-hybridized carbons (Fsp3) is 0.692. The van der Waals surface area contributed by atoms with E-state index in [1.54, 1.807) is 10.4 Å². The van der Waals surface area contributed by atoms with E-state index in [0.717, 1.165) is 24.1 Å². The highest BCUT2D eigenvalue weighted by atomic mass is 32.2. The van der Waals surface area contributed by atoms with Crippen LogP contribution < -0.4 is 0 Å². The maximum absolute atomic E-state index is 12.6. The molecule has 0 N–H and O–H groups in total. The molecule has 1 aliphatic carbocycles. The highest BCUT2D eigenvalue weighted by molar-refractivity contribution is 7.91. The summed E-state index contributed by atoms with van der Waals surface area (Å²) in [7, 11) is -3.23. The molecule has 1 atom stereocenters. The smallest absolute Gasteiger partial charge is 0.206 e. The Kier molecular flexibility index (Phi) is 3.24. The molecule has 3 rings (SSSR count). The fourth-order valence-electron chi connectivity index (χ4n) is 2.82. The first kappa shape index (κ1) is 12.6. The third-order valence-electron chi connectivity index (χ3n) is 3.96. The maximum Gasteiger partial charge on any atom is 0.252 e. The van der Waals surface area contributed by atoms with E-state index in [4.69, 9.17) is 0 Å². The second kappa shape index (κ2) is 4.62. The molecule has 0 bridgehead atoms. The van der Waals surface area contributed by atoms with Gasteiger partial charge in [-0.1, -0.05) is 6.92 Å². The molecule has 2 aliphatic rings. The lowest BCUT2D eigenvalue weighted by atomic mass is 10.1. The summed E-state index contributed by atoms with van der Waals surface area (Å²) in [5, 5.41) is 0. The SMILES string of the molecule is CCc1ccc(S(=O)(=O)N2CCCC2C2CC2)s1. The molecule has 1 unspecified atom stereocenters. The lowest BCUT2D eigenvalue weighted by Crippen LogP contribution is -2.36. The molecule has 5 heteroatoms. The van der Waals surface area contributed by atoms with Crippen molar-refractivity contribution in [3.8, 4) is 0 Å². The number of rotatable bonds is 4. The van der Waals surface area contributed by atoms with Crippen LogP contribution in [0.3, 0.4) is 0 Å². The van der Waals surface area contributed by atoms with E-state index < -0.39 is 10.0 Å². The number of thiophene rings is 1. The summed E-state index contributed by atoms with van der Waals surface area (Å²) in [6.45, 7) is 2.77. The first-order valence-electron chi connectivity index (χ1n) is 6.73. The summed E-state index contributed by atoms with van der Waals surface area (Å²) in [5.41, 5.74) is 0. The summed E-state index contributed by atoms with van der Waals surface area (Å²) in [4.78, 5) is 1.15. The summed E-state index contributed by atoms with van der Waals surface area (Å²) in [6.07, 6.45) is 5.40. The number of hydrogen-bond acceptors (Lipinski definition) is 3. The van der Waals surface area contributed by atoms with Crippen molar-refractivity contribution in [1.82, 2.24) is 4.31 Å². The van der Waals surface area contributed by atoms with Crippen molar-refractivity contribution in [2.75, 3.05) is 6.54 Å². The average molecular weight is 285 g/mol. The van der Waals surface area contributed by atoms with Crippen molar-refractivity contribution < 1.29 is 8.42 Å². The monoisotopic (exact) mass is 285 g/mol. The molecule has 1 aromatic heterocycles. The van der Waals surface area contributed by atoms with Crippen LogP contribution in [0, 0.1) is 5.92 Å². The van der Waals surface area contributed by atoms with Gasteiger partial charge in [-0.25, -0.2) is 8.42 Å². The zero-order valence-electron chi connectivity index (χ0n) is 10.6. The van der Waals surface area contributed by atoms with Crippen LogP contribution in [0.2, 0.25) is 0 Å². The average Bonchev–Trinajstić information content (AvgIpc) is 2.92. The van der Waals surface area contributed by atoms with Gasteiger partial charge in [-0.2, -0.15) is 4.31 Å². The standard InChI is InChI=1S/C13H19NO2S2/c1-2-11-7-8-13(17-11)18(15,16)14-9-3-4-12(14)10-5-6-10/h7-8,10,12H,2-6,9H2,1H3. The van der Waals surface area contributed by atoms with Crippen molar-refractivity contribution in [1.29, 1.82) is 0 Å². The molecular weight excluding hydrogens is 266 g/mol. The van der Waals surface area contributed by atoms with Gasteiger partial charge in [-0.15, -0.1) is 11.3 Å². The Balaban J connectivity index is 1.88. The highest BCUT2D eigenvalue weighted by Gasteiger charge is 2.43. The molecule has 3 nitrogen and oxygen atoms in total. The molecule has 0 aromatic carbocycles. The van der Waals surface area contributed by atoms with E-state index in [9.17, 15) is 8.42 Å². The fourth-order valence-corrected chi connectivity index (χ4v) is 6.00. The van der Waals surface area contributed by atoms with Crippen LogP contribution in [-0.2, 0) is 16.4 Å². The summed E-state index contributed by atoms with van der Waals surface area (Å²) >= 11 is 1.43. The Bertz CT molecular complexity index is 531. The molecule has 1 saturated carbocycles. The van der Waals surface area contributed by atoms with Gasteiger partial charge in [-0.3, -0.25) is 0 Å². The highest BCUT2D eigenvalue weighted by Crippen LogP contribution is 2.42. The molecule has 1 aromatic rings. The Morgan fingerprint density at radius 2 is 2.11 bits per heavy atom. The molecule has 2 fully saturated rings. The molecule has 18 heavy (non-hydrogen) atoms. The second-order valence-electron chi connectivity index (χ2n) is 5.24. The van der Waals surface area contributed by atoms with Crippen LogP contribution in [0.25, 0.3) is 0 Å². The van der Waals surface area contributed by atoms with Gasteiger partial charge in [0.25, 0.3) is 10.0 Å². The molecule has 0 amide bonds. The predicted molar refractivity (Wildman–Crippen MR) is 73.3 cm³/mol. The normalized spacial score (nSPS) is 25.7. The second-order valence-corrected chi connectivity index (χ2v) is 8.52. The Morgan fingerprint density at radius 1 is 1.33 bits per heavy atom. The lowest BCUT2D eigenvalue weighted by molar-refractivity contribution is 0.357. The summed E-state index contributed by atoms with van der Waals surface area (Å²) in [5.74, 6) is 0.632. The molecule has 2 heterocycles. The number of hydrogen-bond donors (Lipinski definition) is 0. The molecule has 1 aliphatic heterocycles. The number of nitrogens with zero attached hydrogens (tertiary/aromatic N) is 1. The van der Waals surface area contributed by atoms with Crippen LogP contribution in [0.1, 0.15) is 37.5 Å². The van der Waals surface area contributed by atoms with E-state index >= 15 is 0 Å². The van der Waals surface area contributed by atoms with Gasteiger partial charge in [0.05, 0.1) is 0 Å². The zero-order chi connectivity index (χ0) is 12.8. The zero-order valence-corrected chi connectivity index (χ0v) is 12.3. The van der Waals surface area contributed by atoms with Gasteiger partial charge in [0, 0.05) is 17.5 Å². The van der Waals surface area contributed by atoms with Crippen molar-refractivity contribution in [2.45, 2.75) is 49.3 Å². The first-order chi connectivity index (χ1) is 8.63. The molecule has 0 spiro atoms. The quantitative estimate of drug-likeness (QED) is 0.853. The van der Waals surface area contributed by atoms with E-state index in [0.29, 0.717) is 16.7 Å². The van der Waals surface area contributed by atoms with Gasteiger partial charge in [-0.05, 0) is 50.2 Å². The first-order valence-corrected chi connectivity index (χ1v) is 8.99. The number of sulfonamides is 1. The van der Waals surface area contributed by atoms with Crippen LogP contribution in [0.5, 0.6) is 0 Å². The van der Waals surface area contributed by atoms with Gasteiger partial charge in [0.15, 0.2) is 0 Å². The number of aryl methyl sites for hydroxylation is 1. The van der Waals surface area contributed by atoms with Crippen molar-refractivity contribution >= 4 is 21.4 Å². The summed E-state index contributed by atoms with van der Waals surface area (Å²) in [6, 6.07) is 4.00. The van der Waals surface area contributed by atoms with E-state index in [1.165, 1.54) is 24.2 Å². The Morgan fingerprint density at radius 3 is 2.72 bits per heavy atom. The van der Waals surface area contributed by atoms with Gasteiger partial charge in [0.2, 0.25) is 0 Å². The minimum Gasteiger partial charge on any atom is -0.206 e. The largest absolute Gasteiger partial charge is 0.252 e. The predicted octanol–water partition coefficient (Wildman–Crippen LogP) is 2.87. The Hall–Kier alpha value is -0.390. The van der Waals surface area contributed by atoms with Gasteiger partial charge in [0.1, 0.15) is 4.21 Å². The lowest BCUT2D eigenvalue weighted by Gasteiger charge is -2.23. The van der Waals surface area contributed by atoms with E-state index in [2.05, 4.69) is 6.92 Å². The molecular formula is C13H19NO2S2. The van der Waals surface area contributed by atoms with E-state index in [-0.39, 0.29) is 6.04 Å². The minimum absolute atomic E-state index is 0.280. The van der Waals surface area contributed by atoms with Crippen molar-refractivity contribution in [3.63, 3.8) is 0 Å². The minimum atomic E-state index is -3.23. The Labute approximate surface area is 113 Å². The molecule has 0 radical (unpaired) electrons. The summed E-state index contributed by atoms with van der Waals surface area (Å²) < 4.78 is 27.6. The third-order valence-corrected chi connectivity index (χ3v) is 7.58. The van der Waals surface area contributed by atoms with E-state index in [1.807, 2.05) is 6.07 Å². The van der Waals surface area contributed by atoms with Gasteiger partial charge < -0.3 is 0 Å². The van der Waals surface area contributed by atoms with Crippen molar-refractivity contribution in [2.24, 2.45) is 5.92 Å². The maximum atomic E-state index is 12.6. The van der Waals surface area contributed by atoms with Crippen LogP contribution >= 0.6 is 11.3 Å².